The molecule has 1 atom stereocenters. The average molecular weight is 440 g/mol. The molecular formula is C27H24N2O4. The number of aliphatic hydroxyl groups excluding tert-OH is 1. The van der Waals surface area contributed by atoms with Crippen LogP contribution in [0.5, 0.6) is 5.75 Å². The standard InChI is InChI=1S/C27H24N2O4/c1-3-14-33-22-8-4-7-21(15-22)24-23(25(30)20-11-9-18(2)10-12-20)26(31)27(32)29(24)17-19-6-5-13-28-16-19/h3-13,15-16,24,30H,1,14,17H2,2H3/b25-23+/t24-/m1/s1. The van der Waals surface area contributed by atoms with Crippen molar-refractivity contribution in [2.45, 2.75) is 19.5 Å². The third-order valence-corrected chi connectivity index (χ3v) is 5.48. The van der Waals surface area contributed by atoms with E-state index in [9.17, 15) is 14.7 Å². The van der Waals surface area contributed by atoms with Gasteiger partial charge in [-0.25, -0.2) is 0 Å². The Balaban J connectivity index is 1.84. The van der Waals surface area contributed by atoms with Gasteiger partial charge in [-0.1, -0.05) is 60.7 Å². The Bertz CT molecular complexity index is 1220. The van der Waals surface area contributed by atoms with E-state index in [1.54, 1.807) is 54.9 Å². The van der Waals surface area contributed by atoms with Crippen LogP contribution in [-0.2, 0) is 16.1 Å². The number of carbonyl (C=O) groups is 2. The molecule has 1 amide bonds. The number of Topliss-reactive ketones (excluding diaryl/α,β-unsaturated/α-hetero) is 1. The molecule has 1 aliphatic heterocycles. The molecule has 0 bridgehead atoms. The van der Waals surface area contributed by atoms with Crippen LogP contribution in [0.2, 0.25) is 0 Å². The molecule has 0 unspecified atom stereocenters. The van der Waals surface area contributed by atoms with Crippen LogP contribution in [0.25, 0.3) is 5.76 Å². The molecule has 2 heterocycles. The summed E-state index contributed by atoms with van der Waals surface area (Å²) in [5.74, 6) is -1.02. The largest absolute Gasteiger partial charge is 0.507 e. The zero-order valence-corrected chi connectivity index (χ0v) is 18.3. The summed E-state index contributed by atoms with van der Waals surface area (Å²) in [4.78, 5) is 31.9. The molecule has 2 aromatic carbocycles. The lowest BCUT2D eigenvalue weighted by Crippen LogP contribution is -2.29. The Morgan fingerprint density at radius 3 is 2.64 bits per heavy atom. The summed E-state index contributed by atoms with van der Waals surface area (Å²) in [6.07, 6.45) is 4.94. The van der Waals surface area contributed by atoms with E-state index in [0.29, 0.717) is 23.5 Å². The van der Waals surface area contributed by atoms with Gasteiger partial charge in [-0.3, -0.25) is 14.6 Å². The number of amides is 1. The maximum absolute atomic E-state index is 13.2. The van der Waals surface area contributed by atoms with Gasteiger partial charge in [-0.15, -0.1) is 0 Å². The Kier molecular flexibility index (Phi) is 6.36. The number of carbonyl (C=O) groups excluding carboxylic acids is 2. The Hall–Kier alpha value is -4.19. The number of benzene rings is 2. The number of aromatic nitrogens is 1. The topological polar surface area (TPSA) is 79.7 Å². The van der Waals surface area contributed by atoms with Crippen molar-refractivity contribution >= 4 is 17.4 Å². The second-order valence-electron chi connectivity index (χ2n) is 7.83. The number of hydrogen-bond acceptors (Lipinski definition) is 5. The summed E-state index contributed by atoms with van der Waals surface area (Å²) >= 11 is 0. The molecule has 4 rings (SSSR count). The van der Waals surface area contributed by atoms with E-state index < -0.39 is 17.7 Å². The molecule has 6 nitrogen and oxygen atoms in total. The van der Waals surface area contributed by atoms with E-state index in [0.717, 1.165) is 11.1 Å². The quantitative estimate of drug-likeness (QED) is 0.252. The van der Waals surface area contributed by atoms with Gasteiger partial charge in [-0.05, 0) is 36.2 Å². The summed E-state index contributed by atoms with van der Waals surface area (Å²) in [7, 11) is 0. The van der Waals surface area contributed by atoms with Crippen molar-refractivity contribution in [1.82, 2.24) is 9.88 Å². The second-order valence-corrected chi connectivity index (χ2v) is 7.83. The van der Waals surface area contributed by atoms with Gasteiger partial charge < -0.3 is 14.7 Å². The monoisotopic (exact) mass is 440 g/mol. The molecule has 1 saturated heterocycles. The molecular weight excluding hydrogens is 416 g/mol. The first kappa shape index (κ1) is 22.0. The third-order valence-electron chi connectivity index (χ3n) is 5.48. The van der Waals surface area contributed by atoms with E-state index in [2.05, 4.69) is 11.6 Å². The highest BCUT2D eigenvalue weighted by Gasteiger charge is 2.46. The van der Waals surface area contributed by atoms with Gasteiger partial charge in [-0.2, -0.15) is 0 Å². The number of pyridine rings is 1. The Morgan fingerprint density at radius 2 is 1.94 bits per heavy atom. The molecule has 0 saturated carbocycles. The minimum absolute atomic E-state index is 0.0496. The van der Waals surface area contributed by atoms with Gasteiger partial charge in [0.2, 0.25) is 0 Å². The van der Waals surface area contributed by atoms with Crippen LogP contribution in [0.1, 0.15) is 28.3 Å². The lowest BCUT2D eigenvalue weighted by molar-refractivity contribution is -0.140. The van der Waals surface area contributed by atoms with Crippen molar-refractivity contribution in [3.63, 3.8) is 0 Å². The first-order chi connectivity index (χ1) is 16.0. The van der Waals surface area contributed by atoms with Crippen molar-refractivity contribution in [2.75, 3.05) is 6.61 Å². The van der Waals surface area contributed by atoms with Crippen LogP contribution < -0.4 is 4.74 Å². The van der Waals surface area contributed by atoms with Gasteiger partial charge in [0.15, 0.2) is 0 Å². The number of likely N-dealkylation sites (tertiary alicyclic amines) is 1. The number of hydrogen-bond donors (Lipinski definition) is 1. The molecule has 0 aliphatic carbocycles. The van der Waals surface area contributed by atoms with E-state index in [4.69, 9.17) is 4.74 Å². The Morgan fingerprint density at radius 1 is 1.15 bits per heavy atom. The van der Waals surface area contributed by atoms with E-state index in [-0.39, 0.29) is 17.9 Å². The van der Waals surface area contributed by atoms with Crippen LogP contribution in [0.15, 0.2) is 91.3 Å². The molecule has 0 radical (unpaired) electrons. The summed E-state index contributed by atoms with van der Waals surface area (Å²) in [6.45, 7) is 6.09. The summed E-state index contributed by atoms with van der Waals surface area (Å²) in [5, 5.41) is 11.1. The highest BCUT2D eigenvalue weighted by atomic mass is 16.5. The van der Waals surface area contributed by atoms with Gasteiger partial charge in [0.25, 0.3) is 11.7 Å². The van der Waals surface area contributed by atoms with Gasteiger partial charge >= 0.3 is 0 Å². The second kappa shape index (κ2) is 9.53. The van der Waals surface area contributed by atoms with E-state index in [1.165, 1.54) is 4.90 Å². The zero-order chi connectivity index (χ0) is 23.4. The van der Waals surface area contributed by atoms with Crippen LogP contribution in [0.3, 0.4) is 0 Å². The summed E-state index contributed by atoms with van der Waals surface area (Å²) < 4.78 is 5.66. The van der Waals surface area contributed by atoms with Crippen LogP contribution in [0.4, 0.5) is 0 Å². The van der Waals surface area contributed by atoms with Crippen LogP contribution >= 0.6 is 0 Å². The molecule has 0 spiro atoms. The third kappa shape index (κ3) is 4.55. The molecule has 6 heteroatoms. The van der Waals surface area contributed by atoms with Crippen molar-refractivity contribution in [3.8, 4) is 5.75 Å². The minimum atomic E-state index is -0.779. The zero-order valence-electron chi connectivity index (χ0n) is 18.3. The van der Waals surface area contributed by atoms with Crippen LogP contribution in [0, 0.1) is 6.92 Å². The first-order valence-corrected chi connectivity index (χ1v) is 10.6. The first-order valence-electron chi connectivity index (χ1n) is 10.6. The fourth-order valence-electron chi connectivity index (χ4n) is 3.87. The lowest BCUT2D eigenvalue weighted by Gasteiger charge is -2.25. The van der Waals surface area contributed by atoms with E-state index >= 15 is 0 Å². The summed E-state index contributed by atoms with van der Waals surface area (Å²) in [6, 6.07) is 17.2. The van der Waals surface area contributed by atoms with Crippen molar-refractivity contribution in [2.24, 2.45) is 0 Å². The van der Waals surface area contributed by atoms with Gasteiger partial charge in [0.05, 0.1) is 11.6 Å². The fraction of sp³-hybridized carbons (Fsp3) is 0.148. The van der Waals surface area contributed by atoms with Gasteiger partial charge in [0, 0.05) is 24.5 Å². The fourth-order valence-corrected chi connectivity index (χ4v) is 3.87. The highest BCUT2D eigenvalue weighted by molar-refractivity contribution is 6.46. The molecule has 1 fully saturated rings. The van der Waals surface area contributed by atoms with Crippen molar-refractivity contribution in [1.29, 1.82) is 0 Å². The normalized spacial score (nSPS) is 17.2. The lowest BCUT2D eigenvalue weighted by atomic mass is 9.94. The number of rotatable bonds is 7. The number of aliphatic hydroxyl groups is 1. The highest BCUT2D eigenvalue weighted by Crippen LogP contribution is 2.41. The van der Waals surface area contributed by atoms with Crippen molar-refractivity contribution in [3.05, 3.63) is 114 Å². The smallest absolute Gasteiger partial charge is 0.295 e. The molecule has 166 valence electrons. The minimum Gasteiger partial charge on any atom is -0.507 e. The Labute approximate surface area is 192 Å². The molecule has 33 heavy (non-hydrogen) atoms. The number of nitrogens with zero attached hydrogens (tertiary/aromatic N) is 2. The SMILES string of the molecule is C=CCOc1cccc([C@@H]2/C(=C(\O)c3ccc(C)cc3)C(=O)C(=O)N2Cc2cccnc2)c1. The average Bonchev–Trinajstić information content (AvgIpc) is 3.08. The van der Waals surface area contributed by atoms with Gasteiger partial charge in [0.1, 0.15) is 18.1 Å². The van der Waals surface area contributed by atoms with E-state index in [1.807, 2.05) is 31.2 Å². The van der Waals surface area contributed by atoms with Crippen LogP contribution in [-0.4, -0.2) is 33.3 Å². The molecule has 1 aliphatic rings. The number of ether oxygens (including phenoxy) is 1. The molecule has 3 aromatic rings. The predicted molar refractivity (Wildman–Crippen MR) is 125 cm³/mol. The number of ketones is 1. The maximum Gasteiger partial charge on any atom is 0.295 e. The molecule has 1 N–H and O–H groups in total. The maximum atomic E-state index is 13.2. The summed E-state index contributed by atoms with van der Waals surface area (Å²) in [5.41, 5.74) is 2.98. The number of aryl methyl sites for hydroxylation is 1. The predicted octanol–water partition coefficient (Wildman–Crippen LogP) is 4.58. The molecule has 1 aromatic heterocycles. The van der Waals surface area contributed by atoms with Crippen molar-refractivity contribution < 1.29 is 19.4 Å².